The van der Waals surface area contributed by atoms with Crippen molar-refractivity contribution >= 4 is 33.4 Å². The minimum atomic E-state index is -0.183. The van der Waals surface area contributed by atoms with Crippen LogP contribution in [0, 0.1) is 0 Å². The molecule has 1 aliphatic rings. The van der Waals surface area contributed by atoms with Gasteiger partial charge in [-0.1, -0.05) is 24.3 Å². The fraction of sp³-hybridized carbons (Fsp3) is 0.286. The van der Waals surface area contributed by atoms with Crippen molar-refractivity contribution in [3.05, 3.63) is 64.7 Å². The lowest BCUT2D eigenvalue weighted by atomic mass is 10.1. The van der Waals surface area contributed by atoms with E-state index in [9.17, 15) is 9.59 Å². The van der Waals surface area contributed by atoms with E-state index in [1.165, 1.54) is 9.60 Å². The molecule has 2 heterocycles. The van der Waals surface area contributed by atoms with Gasteiger partial charge in [-0.25, -0.2) is 4.98 Å². The van der Waals surface area contributed by atoms with Gasteiger partial charge in [0.25, 0.3) is 11.8 Å². The lowest BCUT2D eigenvalue weighted by Gasteiger charge is -2.24. The molecule has 138 valence electrons. The number of fused-ring (bicyclic) bond motifs is 2. The molecule has 4 rings (SSSR count). The monoisotopic (exact) mass is 379 g/mol. The minimum absolute atomic E-state index is 0.183. The molecule has 27 heavy (non-hydrogen) atoms. The average molecular weight is 379 g/mol. The molecule has 0 saturated carbocycles. The fourth-order valence-electron chi connectivity index (χ4n) is 3.37. The Balaban J connectivity index is 1.36. The highest BCUT2D eigenvalue weighted by atomic mass is 32.1. The molecule has 0 saturated heterocycles. The predicted octanol–water partition coefficient (Wildman–Crippen LogP) is 3.98. The average Bonchev–Trinajstić information content (AvgIpc) is 3.22. The molecule has 0 aliphatic carbocycles. The maximum Gasteiger partial charge on any atom is 0.261 e. The number of imide groups is 1. The van der Waals surface area contributed by atoms with Crippen LogP contribution < -0.4 is 0 Å². The Morgan fingerprint density at radius 1 is 1.04 bits per heavy atom. The van der Waals surface area contributed by atoms with E-state index >= 15 is 0 Å². The van der Waals surface area contributed by atoms with Crippen molar-refractivity contribution in [3.63, 3.8) is 0 Å². The molecule has 1 unspecified atom stereocenters. The highest BCUT2D eigenvalue weighted by Gasteiger charge is 2.34. The minimum Gasteiger partial charge on any atom is -0.297 e. The number of rotatable bonds is 6. The molecule has 1 atom stereocenters. The van der Waals surface area contributed by atoms with Gasteiger partial charge in [-0.05, 0) is 44.7 Å². The third-order valence-electron chi connectivity index (χ3n) is 5.10. The first-order valence-corrected chi connectivity index (χ1v) is 9.89. The fourth-order valence-corrected chi connectivity index (χ4v) is 4.46. The van der Waals surface area contributed by atoms with Crippen molar-refractivity contribution in [1.82, 2.24) is 14.8 Å². The van der Waals surface area contributed by atoms with Gasteiger partial charge in [-0.15, -0.1) is 11.3 Å². The van der Waals surface area contributed by atoms with Gasteiger partial charge in [0.15, 0.2) is 0 Å². The first-order chi connectivity index (χ1) is 13.1. The van der Waals surface area contributed by atoms with Gasteiger partial charge in [0.05, 0.1) is 27.4 Å². The van der Waals surface area contributed by atoms with E-state index in [1.807, 2.05) is 18.2 Å². The second kappa shape index (κ2) is 7.21. The van der Waals surface area contributed by atoms with E-state index in [-0.39, 0.29) is 17.9 Å². The zero-order chi connectivity index (χ0) is 19.0. The Bertz CT molecular complexity index is 945. The van der Waals surface area contributed by atoms with Crippen molar-refractivity contribution in [2.75, 3.05) is 20.1 Å². The van der Waals surface area contributed by atoms with Gasteiger partial charge in [0, 0.05) is 13.1 Å². The van der Waals surface area contributed by atoms with Gasteiger partial charge in [0.2, 0.25) is 0 Å². The van der Waals surface area contributed by atoms with Crippen LogP contribution in [0.4, 0.5) is 0 Å². The summed E-state index contributed by atoms with van der Waals surface area (Å²) in [5, 5.41) is 1.08. The van der Waals surface area contributed by atoms with Crippen molar-refractivity contribution < 1.29 is 9.59 Å². The van der Waals surface area contributed by atoms with Crippen molar-refractivity contribution in [2.45, 2.75) is 19.4 Å². The maximum atomic E-state index is 12.4. The molecular formula is C21H21N3O2S. The summed E-state index contributed by atoms with van der Waals surface area (Å²) < 4.78 is 1.19. The normalized spacial score (nSPS) is 15.0. The third kappa shape index (κ3) is 3.26. The summed E-state index contributed by atoms with van der Waals surface area (Å²) in [6.45, 7) is 3.35. The molecule has 1 aliphatic heterocycles. The molecule has 2 amide bonds. The first-order valence-electron chi connectivity index (χ1n) is 9.07. The molecule has 3 aromatic rings. The molecule has 5 nitrogen and oxygen atoms in total. The molecule has 6 heteroatoms. The SMILES string of the molecule is CC(c1nc2ccccc2s1)N(C)CCCN1C(=O)c2ccccc2C1=O. The van der Waals surface area contributed by atoms with Crippen LogP contribution in [-0.2, 0) is 0 Å². The molecule has 0 bridgehead atoms. The smallest absolute Gasteiger partial charge is 0.261 e. The van der Waals surface area contributed by atoms with Gasteiger partial charge in [0.1, 0.15) is 5.01 Å². The van der Waals surface area contributed by atoms with E-state index in [1.54, 1.807) is 35.6 Å². The molecule has 2 aromatic carbocycles. The molecule has 0 N–H and O–H groups in total. The van der Waals surface area contributed by atoms with E-state index in [4.69, 9.17) is 4.98 Å². The third-order valence-corrected chi connectivity index (χ3v) is 6.31. The van der Waals surface area contributed by atoms with Crippen LogP contribution in [0.1, 0.15) is 45.1 Å². The quantitative estimate of drug-likeness (QED) is 0.608. The van der Waals surface area contributed by atoms with E-state index < -0.39 is 0 Å². The highest BCUT2D eigenvalue weighted by molar-refractivity contribution is 7.18. The van der Waals surface area contributed by atoms with Crippen LogP contribution in [0.3, 0.4) is 0 Å². The molecule has 0 fully saturated rings. The van der Waals surface area contributed by atoms with Gasteiger partial charge < -0.3 is 0 Å². The lowest BCUT2D eigenvalue weighted by molar-refractivity contribution is 0.0646. The Kier molecular flexibility index (Phi) is 4.76. The Morgan fingerprint density at radius 3 is 2.33 bits per heavy atom. The lowest BCUT2D eigenvalue weighted by Crippen LogP contribution is -2.33. The number of amides is 2. The zero-order valence-corrected chi connectivity index (χ0v) is 16.2. The number of hydrogen-bond donors (Lipinski definition) is 0. The second-order valence-electron chi connectivity index (χ2n) is 6.84. The van der Waals surface area contributed by atoms with Crippen LogP contribution in [0.2, 0.25) is 0 Å². The Morgan fingerprint density at radius 2 is 1.67 bits per heavy atom. The summed E-state index contributed by atoms with van der Waals surface area (Å²) in [4.78, 5) is 33.2. The van der Waals surface area contributed by atoms with Crippen LogP contribution in [-0.4, -0.2) is 46.7 Å². The standard InChI is InChI=1S/C21H21N3O2S/c1-14(19-22-17-10-5-6-11-18(17)27-19)23(2)12-7-13-24-20(25)15-8-3-4-9-16(15)21(24)26/h3-6,8-11,14H,7,12-13H2,1-2H3. The summed E-state index contributed by atoms with van der Waals surface area (Å²) in [6, 6.07) is 15.4. The van der Waals surface area contributed by atoms with E-state index in [2.05, 4.69) is 24.9 Å². The number of benzene rings is 2. The van der Waals surface area contributed by atoms with E-state index in [0.29, 0.717) is 17.7 Å². The summed E-state index contributed by atoms with van der Waals surface area (Å²) in [5.74, 6) is -0.366. The first kappa shape index (κ1) is 17.8. The highest BCUT2D eigenvalue weighted by Crippen LogP contribution is 2.29. The van der Waals surface area contributed by atoms with Crippen LogP contribution >= 0.6 is 11.3 Å². The van der Waals surface area contributed by atoms with Crippen LogP contribution in [0.15, 0.2) is 48.5 Å². The topological polar surface area (TPSA) is 53.5 Å². The molecule has 1 aromatic heterocycles. The van der Waals surface area contributed by atoms with Crippen molar-refractivity contribution in [3.8, 4) is 0 Å². The summed E-state index contributed by atoms with van der Waals surface area (Å²) in [7, 11) is 2.05. The summed E-state index contributed by atoms with van der Waals surface area (Å²) >= 11 is 1.71. The van der Waals surface area contributed by atoms with Crippen molar-refractivity contribution in [1.29, 1.82) is 0 Å². The van der Waals surface area contributed by atoms with Crippen LogP contribution in [0.25, 0.3) is 10.2 Å². The predicted molar refractivity (Wildman–Crippen MR) is 107 cm³/mol. The molecule has 0 radical (unpaired) electrons. The summed E-state index contributed by atoms with van der Waals surface area (Å²) in [6.07, 6.45) is 0.733. The number of hydrogen-bond acceptors (Lipinski definition) is 5. The van der Waals surface area contributed by atoms with Gasteiger partial charge in [-0.3, -0.25) is 19.4 Å². The number of thiazole rings is 1. The largest absolute Gasteiger partial charge is 0.297 e. The van der Waals surface area contributed by atoms with E-state index in [0.717, 1.165) is 23.5 Å². The Labute approximate surface area is 162 Å². The maximum absolute atomic E-state index is 12.4. The van der Waals surface area contributed by atoms with Gasteiger partial charge in [-0.2, -0.15) is 0 Å². The number of carbonyl (C=O) groups is 2. The number of nitrogens with zero attached hydrogens (tertiary/aromatic N) is 3. The van der Waals surface area contributed by atoms with Crippen molar-refractivity contribution in [2.24, 2.45) is 0 Å². The summed E-state index contributed by atoms with van der Waals surface area (Å²) in [5.41, 5.74) is 2.06. The second-order valence-corrected chi connectivity index (χ2v) is 7.90. The van der Waals surface area contributed by atoms with Crippen LogP contribution in [0.5, 0.6) is 0 Å². The number of carbonyl (C=O) groups excluding carboxylic acids is 2. The zero-order valence-electron chi connectivity index (χ0n) is 15.4. The van der Waals surface area contributed by atoms with Gasteiger partial charge >= 0.3 is 0 Å². The number of para-hydroxylation sites is 1. The molecular weight excluding hydrogens is 358 g/mol. The molecule has 0 spiro atoms. The Hall–Kier alpha value is -2.57. The number of aromatic nitrogens is 1.